The number of methoxy groups -OCH3 is 1. The fourth-order valence-electron chi connectivity index (χ4n) is 2.03. The summed E-state index contributed by atoms with van der Waals surface area (Å²) in [6.45, 7) is 9.55. The molecule has 0 bridgehead atoms. The molecule has 0 saturated heterocycles. The number of esters is 1. The van der Waals surface area contributed by atoms with Crippen LogP contribution in [0, 0.1) is 12.3 Å². The van der Waals surface area contributed by atoms with Crippen molar-refractivity contribution in [3.8, 4) is 0 Å². The molecule has 0 spiro atoms. The molecule has 0 radical (unpaired) electrons. The molecule has 0 amide bonds. The van der Waals surface area contributed by atoms with Gasteiger partial charge in [0.05, 0.1) is 17.6 Å². The van der Waals surface area contributed by atoms with Crippen LogP contribution in [0.2, 0.25) is 0 Å². The summed E-state index contributed by atoms with van der Waals surface area (Å²) in [5.74, 6) is -0.553. The molecule has 1 rings (SSSR count). The third-order valence-corrected chi connectivity index (χ3v) is 6.14. The maximum atomic E-state index is 12.9. The molecule has 0 aromatic heterocycles. The van der Waals surface area contributed by atoms with E-state index in [1.807, 2.05) is 27.7 Å². The minimum absolute atomic E-state index is 0.133. The number of sulfonamides is 1. The quantitative estimate of drug-likeness (QED) is 0.798. The standard InChI is InChI=1S/C16H25NO4S/c1-11-8-9-13(15(18)21-7)10-14(11)22(19,20)17(6)12(2)16(3,4)5/h8-10,12H,1-7H3/t12-/m0/s1. The zero-order valence-corrected chi connectivity index (χ0v) is 15.1. The number of aryl methyl sites for hydroxylation is 1. The van der Waals surface area contributed by atoms with Gasteiger partial charge in [0.25, 0.3) is 0 Å². The molecule has 0 heterocycles. The molecule has 0 aliphatic heterocycles. The normalized spacial score (nSPS) is 14.0. The van der Waals surface area contributed by atoms with Crippen LogP contribution in [0.25, 0.3) is 0 Å². The van der Waals surface area contributed by atoms with Crippen molar-refractivity contribution in [1.82, 2.24) is 4.31 Å². The lowest BCUT2D eigenvalue weighted by atomic mass is 9.88. The fourth-order valence-corrected chi connectivity index (χ4v) is 3.83. The predicted octanol–water partition coefficient (Wildman–Crippen LogP) is 2.84. The van der Waals surface area contributed by atoms with Gasteiger partial charge in [0.2, 0.25) is 10.0 Å². The van der Waals surface area contributed by atoms with E-state index < -0.39 is 16.0 Å². The average Bonchev–Trinajstić information content (AvgIpc) is 2.44. The number of nitrogens with zero attached hydrogens (tertiary/aromatic N) is 1. The van der Waals surface area contributed by atoms with Crippen molar-refractivity contribution in [2.75, 3.05) is 14.2 Å². The van der Waals surface area contributed by atoms with E-state index in [1.54, 1.807) is 26.1 Å². The number of hydrogen-bond donors (Lipinski definition) is 0. The first-order valence-electron chi connectivity index (χ1n) is 7.10. The van der Waals surface area contributed by atoms with Gasteiger partial charge in [0.1, 0.15) is 0 Å². The van der Waals surface area contributed by atoms with Crippen molar-refractivity contribution >= 4 is 16.0 Å². The summed E-state index contributed by atoms with van der Waals surface area (Å²) >= 11 is 0. The highest BCUT2D eigenvalue weighted by Gasteiger charge is 2.33. The second kappa shape index (κ2) is 6.38. The van der Waals surface area contributed by atoms with Gasteiger partial charge in [0.15, 0.2) is 0 Å². The van der Waals surface area contributed by atoms with E-state index >= 15 is 0 Å². The first-order chi connectivity index (χ1) is 9.92. The van der Waals surface area contributed by atoms with E-state index in [9.17, 15) is 13.2 Å². The van der Waals surface area contributed by atoms with Crippen LogP contribution >= 0.6 is 0 Å². The molecule has 0 saturated carbocycles. The van der Waals surface area contributed by atoms with Crippen LogP contribution in [0.4, 0.5) is 0 Å². The maximum absolute atomic E-state index is 12.9. The first-order valence-corrected chi connectivity index (χ1v) is 8.54. The zero-order chi connectivity index (χ0) is 17.3. The van der Waals surface area contributed by atoms with Crippen LogP contribution in [0.3, 0.4) is 0 Å². The van der Waals surface area contributed by atoms with Gasteiger partial charge in [-0.2, -0.15) is 4.31 Å². The Morgan fingerprint density at radius 3 is 2.27 bits per heavy atom. The highest BCUT2D eigenvalue weighted by atomic mass is 32.2. The molecule has 5 nitrogen and oxygen atoms in total. The number of ether oxygens (including phenoxy) is 1. The summed E-state index contributed by atoms with van der Waals surface area (Å²) < 4.78 is 31.8. The zero-order valence-electron chi connectivity index (χ0n) is 14.3. The SMILES string of the molecule is COC(=O)c1ccc(C)c(S(=O)(=O)N(C)[C@@H](C)C(C)(C)C)c1. The van der Waals surface area contributed by atoms with Crippen LogP contribution < -0.4 is 0 Å². The predicted molar refractivity (Wildman–Crippen MR) is 86.4 cm³/mol. The summed E-state index contributed by atoms with van der Waals surface area (Å²) in [6.07, 6.45) is 0. The van der Waals surface area contributed by atoms with Crippen molar-refractivity contribution in [2.45, 2.75) is 45.6 Å². The number of hydrogen-bond acceptors (Lipinski definition) is 4. The minimum Gasteiger partial charge on any atom is -0.465 e. The Bertz CT molecular complexity index is 659. The van der Waals surface area contributed by atoms with Crippen LogP contribution in [0.5, 0.6) is 0 Å². The molecule has 1 atom stereocenters. The molecule has 22 heavy (non-hydrogen) atoms. The molecule has 0 fully saturated rings. The minimum atomic E-state index is -3.69. The molecule has 6 heteroatoms. The second-order valence-electron chi connectivity index (χ2n) is 6.54. The van der Waals surface area contributed by atoms with Crippen LogP contribution in [0.15, 0.2) is 23.1 Å². The smallest absolute Gasteiger partial charge is 0.337 e. The van der Waals surface area contributed by atoms with Gasteiger partial charge in [0, 0.05) is 13.1 Å². The third-order valence-electron chi connectivity index (χ3n) is 4.07. The fraction of sp³-hybridized carbons (Fsp3) is 0.562. The van der Waals surface area contributed by atoms with Crippen molar-refractivity contribution in [3.63, 3.8) is 0 Å². The topological polar surface area (TPSA) is 63.7 Å². The van der Waals surface area contributed by atoms with Gasteiger partial charge in [-0.15, -0.1) is 0 Å². The number of carbonyl (C=O) groups is 1. The Kier molecular flexibility index (Phi) is 5.41. The lowest BCUT2D eigenvalue weighted by Gasteiger charge is -2.34. The number of carbonyl (C=O) groups excluding carboxylic acids is 1. The summed E-state index contributed by atoms with van der Waals surface area (Å²) in [7, 11) is -0.858. The van der Waals surface area contributed by atoms with Gasteiger partial charge in [-0.1, -0.05) is 26.8 Å². The van der Waals surface area contributed by atoms with Crippen molar-refractivity contribution in [1.29, 1.82) is 0 Å². The highest BCUT2D eigenvalue weighted by Crippen LogP contribution is 2.29. The first kappa shape index (κ1) is 18.6. The third kappa shape index (κ3) is 3.67. The van der Waals surface area contributed by atoms with Gasteiger partial charge in [-0.3, -0.25) is 0 Å². The van der Waals surface area contributed by atoms with Gasteiger partial charge >= 0.3 is 5.97 Å². The van der Waals surface area contributed by atoms with Crippen LogP contribution in [-0.2, 0) is 14.8 Å². The number of benzene rings is 1. The second-order valence-corrected chi connectivity index (χ2v) is 8.50. The Morgan fingerprint density at radius 1 is 1.27 bits per heavy atom. The maximum Gasteiger partial charge on any atom is 0.337 e. The van der Waals surface area contributed by atoms with E-state index in [2.05, 4.69) is 4.74 Å². The van der Waals surface area contributed by atoms with Crippen molar-refractivity contribution in [3.05, 3.63) is 29.3 Å². The summed E-state index contributed by atoms with van der Waals surface area (Å²) in [6, 6.07) is 4.36. The van der Waals surface area contributed by atoms with Crippen LogP contribution in [0.1, 0.15) is 43.6 Å². The van der Waals surface area contributed by atoms with Crippen molar-refractivity contribution in [2.24, 2.45) is 5.41 Å². The molecule has 124 valence electrons. The summed E-state index contributed by atoms with van der Waals surface area (Å²) in [5, 5.41) is 0. The largest absolute Gasteiger partial charge is 0.465 e. The summed E-state index contributed by atoms with van der Waals surface area (Å²) in [5.41, 5.74) is 0.625. The lowest BCUT2D eigenvalue weighted by molar-refractivity contribution is 0.0600. The van der Waals surface area contributed by atoms with E-state index in [0.29, 0.717) is 5.56 Å². The average molecular weight is 327 g/mol. The van der Waals surface area contributed by atoms with Gasteiger partial charge in [-0.05, 0) is 37.0 Å². The van der Waals surface area contributed by atoms with E-state index in [0.717, 1.165) is 0 Å². The molecule has 0 aliphatic rings. The Morgan fingerprint density at radius 2 is 1.82 bits per heavy atom. The Hall–Kier alpha value is -1.40. The van der Waals surface area contributed by atoms with Gasteiger partial charge in [-0.25, -0.2) is 13.2 Å². The molecule has 1 aromatic rings. The van der Waals surface area contributed by atoms with E-state index in [-0.39, 0.29) is 21.9 Å². The van der Waals surface area contributed by atoms with Crippen molar-refractivity contribution < 1.29 is 17.9 Å². The Labute approximate surface area is 133 Å². The van der Waals surface area contributed by atoms with Crippen LogP contribution in [-0.4, -0.2) is 38.9 Å². The number of rotatable bonds is 4. The molecular formula is C16H25NO4S. The molecule has 0 aliphatic carbocycles. The summed E-state index contributed by atoms with van der Waals surface area (Å²) in [4.78, 5) is 11.8. The monoisotopic (exact) mass is 327 g/mol. The van der Waals surface area contributed by atoms with Gasteiger partial charge < -0.3 is 4.74 Å². The molecule has 0 N–H and O–H groups in total. The van der Waals surface area contributed by atoms with E-state index in [4.69, 9.17) is 0 Å². The Balaban J connectivity index is 3.37. The molecular weight excluding hydrogens is 302 g/mol. The molecule has 1 aromatic carbocycles. The lowest BCUT2D eigenvalue weighted by Crippen LogP contribution is -2.43. The highest BCUT2D eigenvalue weighted by molar-refractivity contribution is 7.89. The van der Waals surface area contributed by atoms with E-state index in [1.165, 1.54) is 17.5 Å². The molecule has 0 unspecified atom stereocenters.